The molecule has 0 aromatic heterocycles. The second-order valence-corrected chi connectivity index (χ2v) is 5.59. The standard InChI is InChI=1S/C16H14O2/c1-16(2)8-7-12-13(9-16)15(18)11-6-4-3-5-10(11)14(12)17/h3-8H,9H2,1-2H3. The number of carbonyl (C=O) groups excluding carboxylic acids is 2. The van der Waals surface area contributed by atoms with Crippen molar-refractivity contribution in [2.75, 3.05) is 0 Å². The summed E-state index contributed by atoms with van der Waals surface area (Å²) in [5, 5.41) is 0. The Morgan fingerprint density at radius 1 is 1.00 bits per heavy atom. The van der Waals surface area contributed by atoms with E-state index in [1.807, 2.05) is 12.2 Å². The summed E-state index contributed by atoms with van der Waals surface area (Å²) in [5.74, 6) is -0.00965. The maximum Gasteiger partial charge on any atom is 0.194 e. The molecule has 1 aromatic rings. The van der Waals surface area contributed by atoms with Gasteiger partial charge in [0.05, 0.1) is 0 Å². The Balaban J connectivity index is 2.20. The molecule has 0 bridgehead atoms. The molecule has 0 unspecified atom stereocenters. The van der Waals surface area contributed by atoms with Crippen molar-refractivity contribution in [2.45, 2.75) is 20.3 Å². The van der Waals surface area contributed by atoms with Crippen molar-refractivity contribution in [3.63, 3.8) is 0 Å². The first-order valence-electron chi connectivity index (χ1n) is 6.10. The van der Waals surface area contributed by atoms with Gasteiger partial charge in [0.1, 0.15) is 0 Å². The van der Waals surface area contributed by atoms with E-state index in [4.69, 9.17) is 0 Å². The number of rotatable bonds is 0. The minimum atomic E-state index is -0.0545. The highest BCUT2D eigenvalue weighted by atomic mass is 16.1. The van der Waals surface area contributed by atoms with E-state index in [-0.39, 0.29) is 17.0 Å². The van der Waals surface area contributed by atoms with Gasteiger partial charge >= 0.3 is 0 Å². The summed E-state index contributed by atoms with van der Waals surface area (Å²) in [6, 6.07) is 7.07. The van der Waals surface area contributed by atoms with Crippen LogP contribution in [0.4, 0.5) is 0 Å². The zero-order chi connectivity index (χ0) is 12.9. The van der Waals surface area contributed by atoms with Gasteiger partial charge in [0.15, 0.2) is 11.6 Å². The Morgan fingerprint density at radius 3 is 2.28 bits per heavy atom. The van der Waals surface area contributed by atoms with Gasteiger partial charge in [-0.3, -0.25) is 9.59 Å². The van der Waals surface area contributed by atoms with Crippen molar-refractivity contribution in [3.05, 3.63) is 58.7 Å². The van der Waals surface area contributed by atoms with Gasteiger partial charge in [-0.1, -0.05) is 50.3 Å². The van der Waals surface area contributed by atoms with Crippen molar-refractivity contribution in [2.24, 2.45) is 5.41 Å². The summed E-state index contributed by atoms with van der Waals surface area (Å²) >= 11 is 0. The predicted octanol–water partition coefficient (Wildman–Crippen LogP) is 3.35. The number of hydrogen-bond donors (Lipinski definition) is 0. The average Bonchev–Trinajstić information content (AvgIpc) is 2.35. The van der Waals surface area contributed by atoms with E-state index in [0.29, 0.717) is 28.7 Å². The molecule has 2 heteroatoms. The zero-order valence-corrected chi connectivity index (χ0v) is 10.5. The molecule has 1 aromatic carbocycles. The Morgan fingerprint density at radius 2 is 1.61 bits per heavy atom. The highest BCUT2D eigenvalue weighted by Gasteiger charge is 2.35. The highest BCUT2D eigenvalue weighted by molar-refractivity contribution is 6.28. The monoisotopic (exact) mass is 238 g/mol. The fourth-order valence-electron chi connectivity index (χ4n) is 2.62. The third-order valence-corrected chi connectivity index (χ3v) is 3.59. The molecular formula is C16H14O2. The quantitative estimate of drug-likeness (QED) is 0.694. The van der Waals surface area contributed by atoms with Crippen molar-refractivity contribution < 1.29 is 9.59 Å². The summed E-state index contributed by atoms with van der Waals surface area (Å²) in [6.07, 6.45) is 4.47. The van der Waals surface area contributed by atoms with Crippen LogP contribution in [0.2, 0.25) is 0 Å². The minimum absolute atomic E-state index is 0.0117. The lowest BCUT2D eigenvalue weighted by atomic mass is 9.72. The lowest BCUT2D eigenvalue weighted by molar-refractivity contribution is 0.0969. The van der Waals surface area contributed by atoms with Crippen molar-refractivity contribution in [1.82, 2.24) is 0 Å². The molecule has 2 nitrogen and oxygen atoms in total. The van der Waals surface area contributed by atoms with Gasteiger partial charge in [-0.15, -0.1) is 0 Å². The molecule has 3 rings (SSSR count). The van der Waals surface area contributed by atoms with E-state index in [1.54, 1.807) is 24.3 Å². The highest BCUT2D eigenvalue weighted by Crippen LogP contribution is 2.39. The van der Waals surface area contributed by atoms with Crippen LogP contribution in [0.1, 0.15) is 41.0 Å². The lowest BCUT2D eigenvalue weighted by Gasteiger charge is -2.29. The van der Waals surface area contributed by atoms with Crippen LogP contribution in [0.25, 0.3) is 0 Å². The van der Waals surface area contributed by atoms with Crippen LogP contribution in [0, 0.1) is 5.41 Å². The van der Waals surface area contributed by atoms with Gasteiger partial charge in [0.2, 0.25) is 0 Å². The SMILES string of the molecule is CC1(C)C=CC2=C(C1)C(=O)c1ccccc1C2=O. The number of hydrogen-bond acceptors (Lipinski definition) is 2. The molecule has 0 saturated heterocycles. The number of benzene rings is 1. The molecule has 0 saturated carbocycles. The minimum Gasteiger partial charge on any atom is -0.289 e. The first-order valence-corrected chi connectivity index (χ1v) is 6.10. The number of carbonyl (C=O) groups is 2. The molecule has 0 radical (unpaired) electrons. The van der Waals surface area contributed by atoms with Gasteiger partial charge in [-0.25, -0.2) is 0 Å². The molecule has 0 fully saturated rings. The number of fused-ring (bicyclic) bond motifs is 1. The molecule has 90 valence electrons. The van der Waals surface area contributed by atoms with Crippen LogP contribution < -0.4 is 0 Å². The van der Waals surface area contributed by atoms with Crippen molar-refractivity contribution in [1.29, 1.82) is 0 Å². The second kappa shape index (κ2) is 3.52. The Hall–Kier alpha value is -1.96. The Labute approximate surface area is 106 Å². The molecule has 2 aliphatic rings. The largest absolute Gasteiger partial charge is 0.289 e. The normalized spacial score (nSPS) is 20.8. The van der Waals surface area contributed by atoms with E-state index in [0.717, 1.165) is 0 Å². The van der Waals surface area contributed by atoms with Crippen LogP contribution in [0.15, 0.2) is 47.6 Å². The molecular weight excluding hydrogens is 224 g/mol. The molecule has 2 aliphatic carbocycles. The summed E-state index contributed by atoms with van der Waals surface area (Å²) in [4.78, 5) is 24.8. The molecule has 18 heavy (non-hydrogen) atoms. The Bertz CT molecular complexity index is 630. The fourth-order valence-corrected chi connectivity index (χ4v) is 2.62. The van der Waals surface area contributed by atoms with Crippen LogP contribution >= 0.6 is 0 Å². The topological polar surface area (TPSA) is 34.1 Å². The van der Waals surface area contributed by atoms with Crippen molar-refractivity contribution >= 4 is 11.6 Å². The van der Waals surface area contributed by atoms with E-state index in [9.17, 15) is 9.59 Å². The summed E-state index contributed by atoms with van der Waals surface area (Å²) in [7, 11) is 0. The molecule has 0 aliphatic heterocycles. The van der Waals surface area contributed by atoms with Gasteiger partial charge < -0.3 is 0 Å². The zero-order valence-electron chi connectivity index (χ0n) is 10.5. The smallest absolute Gasteiger partial charge is 0.194 e. The van der Waals surface area contributed by atoms with E-state index in [1.165, 1.54) is 0 Å². The number of Topliss-reactive ketones (excluding diaryl/α,β-unsaturated/α-hetero) is 2. The van der Waals surface area contributed by atoms with Crippen LogP contribution in [-0.2, 0) is 0 Å². The van der Waals surface area contributed by atoms with E-state index >= 15 is 0 Å². The van der Waals surface area contributed by atoms with Crippen LogP contribution in [0.5, 0.6) is 0 Å². The first kappa shape index (κ1) is 11.1. The number of allylic oxidation sites excluding steroid dienone is 4. The maximum absolute atomic E-state index is 12.4. The lowest BCUT2D eigenvalue weighted by Crippen LogP contribution is -2.27. The number of ketones is 2. The molecule has 0 amide bonds. The molecule has 0 spiro atoms. The second-order valence-electron chi connectivity index (χ2n) is 5.59. The third-order valence-electron chi connectivity index (χ3n) is 3.59. The summed E-state index contributed by atoms with van der Waals surface area (Å²) in [5.41, 5.74) is 2.28. The van der Waals surface area contributed by atoms with E-state index < -0.39 is 0 Å². The van der Waals surface area contributed by atoms with Crippen LogP contribution in [-0.4, -0.2) is 11.6 Å². The molecule has 0 N–H and O–H groups in total. The third kappa shape index (κ3) is 1.49. The van der Waals surface area contributed by atoms with Gasteiger partial charge in [-0.2, -0.15) is 0 Å². The summed E-state index contributed by atoms with van der Waals surface area (Å²) < 4.78 is 0. The average molecular weight is 238 g/mol. The molecule has 0 heterocycles. The van der Waals surface area contributed by atoms with Crippen LogP contribution in [0.3, 0.4) is 0 Å². The molecule has 0 atom stereocenters. The first-order chi connectivity index (χ1) is 8.49. The van der Waals surface area contributed by atoms with Crippen molar-refractivity contribution in [3.8, 4) is 0 Å². The van der Waals surface area contributed by atoms with Gasteiger partial charge in [0.25, 0.3) is 0 Å². The maximum atomic E-state index is 12.4. The summed E-state index contributed by atoms with van der Waals surface area (Å²) in [6.45, 7) is 4.15. The van der Waals surface area contributed by atoms with Gasteiger partial charge in [0, 0.05) is 22.3 Å². The predicted molar refractivity (Wildman–Crippen MR) is 69.7 cm³/mol. The van der Waals surface area contributed by atoms with Gasteiger partial charge in [-0.05, 0) is 11.8 Å². The Kier molecular flexibility index (Phi) is 2.18. The fraction of sp³-hybridized carbons (Fsp3) is 0.250. The van der Waals surface area contributed by atoms with E-state index in [2.05, 4.69) is 13.8 Å².